The van der Waals surface area contributed by atoms with Crippen molar-refractivity contribution in [3.8, 4) is 11.5 Å². The molecule has 0 aromatic heterocycles. The van der Waals surface area contributed by atoms with Gasteiger partial charge in [-0.15, -0.1) is 0 Å². The van der Waals surface area contributed by atoms with Crippen molar-refractivity contribution in [2.45, 2.75) is 92.1 Å². The molecule has 0 aliphatic carbocycles. The zero-order chi connectivity index (χ0) is 35.4. The van der Waals surface area contributed by atoms with Crippen LogP contribution < -0.4 is 15.4 Å². The van der Waals surface area contributed by atoms with E-state index in [0.29, 0.717) is 11.7 Å². The lowest BCUT2D eigenvalue weighted by Gasteiger charge is -2.32. The molecule has 47 heavy (non-hydrogen) atoms. The number of ether oxygens (including phenoxy) is 1. The summed E-state index contributed by atoms with van der Waals surface area (Å²) >= 11 is 6.33. The topological polar surface area (TPSA) is 87.7 Å². The third-order valence-electron chi connectivity index (χ3n) is 7.87. The zero-order valence-corrected chi connectivity index (χ0v) is 28.1. The van der Waals surface area contributed by atoms with E-state index in [0.717, 1.165) is 43.4 Å². The van der Waals surface area contributed by atoms with Gasteiger partial charge in [0.25, 0.3) is 11.8 Å². The van der Waals surface area contributed by atoms with E-state index < -0.39 is 69.4 Å². The van der Waals surface area contributed by atoms with Crippen molar-refractivity contribution in [1.82, 2.24) is 0 Å². The van der Waals surface area contributed by atoms with Crippen molar-refractivity contribution in [2.24, 2.45) is 5.41 Å². The molecule has 0 bridgehead atoms. The number of amides is 2. The minimum Gasteiger partial charge on any atom is -0.506 e. The molecule has 0 saturated heterocycles. The first-order chi connectivity index (χ1) is 21.9. The predicted molar refractivity (Wildman–Crippen MR) is 173 cm³/mol. The molecular weight excluding hydrogens is 643 g/mol. The van der Waals surface area contributed by atoms with Gasteiger partial charge in [-0.3, -0.25) is 9.59 Å². The maximum Gasteiger partial charge on any atom is 0.266 e. The number of hydrogen-bond acceptors (Lipinski definition) is 4. The van der Waals surface area contributed by atoms with Crippen molar-refractivity contribution >= 4 is 34.8 Å². The first kappa shape index (κ1) is 37.6. The summed E-state index contributed by atoms with van der Waals surface area (Å²) in [6, 6.07) is 7.94. The number of hydrogen-bond donors (Lipinski definition) is 3. The molecule has 0 saturated carbocycles. The molecule has 3 atom stereocenters. The molecule has 3 N–H and O–H groups in total. The molecule has 3 unspecified atom stereocenters. The average Bonchev–Trinajstić information content (AvgIpc) is 2.99. The lowest BCUT2D eigenvalue weighted by Crippen LogP contribution is -2.43. The smallest absolute Gasteiger partial charge is 0.266 e. The average molecular weight is 683 g/mol. The van der Waals surface area contributed by atoms with E-state index in [1.807, 2.05) is 38.2 Å². The second-order valence-corrected chi connectivity index (χ2v) is 13.2. The van der Waals surface area contributed by atoms with Gasteiger partial charge < -0.3 is 20.5 Å². The number of halogens is 6. The summed E-state index contributed by atoms with van der Waals surface area (Å²) in [4.78, 5) is 26.2. The maximum atomic E-state index is 14.1. The van der Waals surface area contributed by atoms with E-state index in [1.165, 1.54) is 5.56 Å². The van der Waals surface area contributed by atoms with Crippen LogP contribution in [-0.2, 0) is 4.79 Å². The quantitative estimate of drug-likeness (QED) is 0.0768. The van der Waals surface area contributed by atoms with Crippen molar-refractivity contribution < 1.29 is 41.4 Å². The number of carbonyl (C=O) groups excluding carboxylic acids is 2. The summed E-state index contributed by atoms with van der Waals surface area (Å²) in [6.07, 6.45) is 2.90. The van der Waals surface area contributed by atoms with Crippen LogP contribution in [0.2, 0.25) is 5.02 Å². The summed E-state index contributed by atoms with van der Waals surface area (Å²) in [7, 11) is 0. The van der Waals surface area contributed by atoms with Crippen LogP contribution in [0.15, 0.2) is 30.3 Å². The molecule has 256 valence electrons. The first-order valence-electron chi connectivity index (χ1n) is 15.4. The fourth-order valence-electron chi connectivity index (χ4n) is 5.25. The summed E-state index contributed by atoms with van der Waals surface area (Å²) in [5.74, 6) is -13.7. The van der Waals surface area contributed by atoms with Crippen molar-refractivity contribution in [1.29, 1.82) is 0 Å². The van der Waals surface area contributed by atoms with Crippen LogP contribution in [0.4, 0.5) is 33.3 Å². The molecule has 0 radical (unpaired) electrons. The van der Waals surface area contributed by atoms with E-state index in [9.17, 15) is 36.6 Å². The number of phenolic OH excluding ortho intramolecular Hbond substituents is 1. The van der Waals surface area contributed by atoms with Crippen LogP contribution in [-0.4, -0.2) is 23.0 Å². The zero-order valence-electron chi connectivity index (χ0n) is 27.4. The number of carbonyl (C=O) groups is 2. The standard InChI is InChI=1S/C35H40ClF5N2O4/c1-8-10-17(3)19-12-13-25(20(14-19)18(4)11-9-2)47-32(35(5,6)7)34(46)42-22-16-24(44)23(15-21(22)36)43-33(45)26-27(37)29(39)31(41)30(40)28(26)38/h12-18,32,44H,8-11H2,1-7H3,(H,42,46)(H,43,45). The van der Waals surface area contributed by atoms with Crippen LogP contribution >= 0.6 is 11.6 Å². The fraction of sp³-hybridized carbons (Fsp3) is 0.429. The number of benzene rings is 3. The van der Waals surface area contributed by atoms with Crippen LogP contribution in [0.3, 0.4) is 0 Å². The summed E-state index contributed by atoms with van der Waals surface area (Å²) in [5.41, 5.74) is -0.913. The Balaban J connectivity index is 1.91. The molecule has 3 aromatic rings. The largest absolute Gasteiger partial charge is 0.506 e. The third-order valence-corrected chi connectivity index (χ3v) is 8.19. The second kappa shape index (κ2) is 15.4. The van der Waals surface area contributed by atoms with Gasteiger partial charge >= 0.3 is 0 Å². The Hall–Kier alpha value is -3.86. The molecule has 3 aromatic carbocycles. The number of anilines is 2. The Bertz CT molecular complexity index is 1610. The van der Waals surface area contributed by atoms with Crippen LogP contribution in [0.5, 0.6) is 11.5 Å². The predicted octanol–water partition coefficient (Wildman–Crippen LogP) is 10.2. The van der Waals surface area contributed by atoms with Gasteiger partial charge in [0.15, 0.2) is 29.4 Å². The van der Waals surface area contributed by atoms with Crippen molar-refractivity contribution in [2.75, 3.05) is 10.6 Å². The molecule has 12 heteroatoms. The normalized spacial score (nSPS) is 13.6. The van der Waals surface area contributed by atoms with E-state index in [1.54, 1.807) is 0 Å². The molecule has 0 fully saturated rings. The Morgan fingerprint density at radius 3 is 1.94 bits per heavy atom. The van der Waals surface area contributed by atoms with Gasteiger partial charge in [0.1, 0.15) is 17.1 Å². The van der Waals surface area contributed by atoms with Crippen LogP contribution in [0.25, 0.3) is 0 Å². The van der Waals surface area contributed by atoms with Crippen molar-refractivity contribution in [3.05, 3.63) is 81.1 Å². The summed E-state index contributed by atoms with van der Waals surface area (Å²) in [5, 5.41) is 14.8. The monoisotopic (exact) mass is 682 g/mol. The third kappa shape index (κ3) is 8.54. The van der Waals surface area contributed by atoms with E-state index in [-0.39, 0.29) is 16.6 Å². The highest BCUT2D eigenvalue weighted by Crippen LogP contribution is 2.38. The SMILES string of the molecule is CCCC(C)c1ccc(OC(C(=O)Nc2cc(O)c(NC(=O)c3c(F)c(F)c(F)c(F)c3F)cc2Cl)C(C)(C)C)c(C(C)CCC)c1. The van der Waals surface area contributed by atoms with Gasteiger partial charge in [0, 0.05) is 11.5 Å². The minimum absolute atomic E-state index is 0.0930. The molecular formula is C35H40ClF5N2O4. The molecule has 6 nitrogen and oxygen atoms in total. The fourth-order valence-corrected chi connectivity index (χ4v) is 5.46. The highest BCUT2D eigenvalue weighted by molar-refractivity contribution is 6.34. The Morgan fingerprint density at radius 2 is 1.38 bits per heavy atom. The Labute approximate surface area is 276 Å². The second-order valence-electron chi connectivity index (χ2n) is 12.8. The number of nitrogens with one attached hydrogen (secondary N) is 2. The van der Waals surface area contributed by atoms with Gasteiger partial charge in [-0.2, -0.15) is 0 Å². The minimum atomic E-state index is -2.43. The summed E-state index contributed by atoms with van der Waals surface area (Å²) in [6.45, 7) is 14.0. The van der Waals surface area contributed by atoms with E-state index >= 15 is 0 Å². The van der Waals surface area contributed by atoms with Gasteiger partial charge in [0.2, 0.25) is 5.82 Å². The van der Waals surface area contributed by atoms with Gasteiger partial charge in [-0.05, 0) is 47.9 Å². The molecule has 0 heterocycles. The van der Waals surface area contributed by atoms with Gasteiger partial charge in [0.05, 0.1) is 16.4 Å². The van der Waals surface area contributed by atoms with Gasteiger partial charge in [-0.25, -0.2) is 22.0 Å². The van der Waals surface area contributed by atoms with Crippen molar-refractivity contribution in [3.63, 3.8) is 0 Å². The Kier molecular flexibility index (Phi) is 12.3. The first-order valence-corrected chi connectivity index (χ1v) is 15.8. The van der Waals surface area contributed by atoms with Crippen LogP contribution in [0, 0.1) is 34.5 Å². The highest BCUT2D eigenvalue weighted by Gasteiger charge is 2.35. The number of phenols is 1. The molecule has 3 rings (SSSR count). The van der Waals surface area contributed by atoms with Gasteiger partial charge in [-0.1, -0.05) is 85.0 Å². The summed E-state index contributed by atoms with van der Waals surface area (Å²) < 4.78 is 75.3. The maximum absolute atomic E-state index is 14.1. The Morgan fingerprint density at radius 1 is 0.830 bits per heavy atom. The molecule has 2 amide bonds. The molecule has 0 spiro atoms. The van der Waals surface area contributed by atoms with Crippen LogP contribution in [0.1, 0.15) is 107 Å². The lowest BCUT2D eigenvalue weighted by molar-refractivity contribution is -0.127. The van der Waals surface area contributed by atoms with E-state index in [2.05, 4.69) is 39.1 Å². The lowest BCUT2D eigenvalue weighted by atomic mass is 9.87. The van der Waals surface area contributed by atoms with E-state index in [4.69, 9.17) is 16.3 Å². The number of rotatable bonds is 12. The molecule has 0 aliphatic rings. The molecule has 0 aliphatic heterocycles. The number of aromatic hydroxyl groups is 1. The highest BCUT2D eigenvalue weighted by atomic mass is 35.5.